The number of rotatable bonds is 3. The second-order valence-electron chi connectivity index (χ2n) is 3.51. The van der Waals surface area contributed by atoms with Crippen LogP contribution in [-0.4, -0.2) is 37.0 Å². The molecule has 1 aromatic rings. The maximum atomic E-state index is 11.7. The highest BCUT2D eigenvalue weighted by atomic mass is 79.9. The van der Waals surface area contributed by atoms with Crippen molar-refractivity contribution in [1.82, 2.24) is 4.90 Å². The first kappa shape index (κ1) is 14.7. The molecule has 0 N–H and O–H groups in total. The molecule has 0 fully saturated rings. The number of likely N-dealkylation sites (N-methyl/N-ethyl adjacent to an activating group) is 1. The van der Waals surface area contributed by atoms with E-state index >= 15 is 0 Å². The van der Waals surface area contributed by atoms with Crippen molar-refractivity contribution in [3.63, 3.8) is 0 Å². The van der Waals surface area contributed by atoms with Gasteiger partial charge in [-0.15, -0.1) is 11.3 Å². The summed E-state index contributed by atoms with van der Waals surface area (Å²) in [6.07, 6.45) is -0.780. The Balaban J connectivity index is 2.70. The minimum absolute atomic E-state index is 0.243. The van der Waals surface area contributed by atoms with Crippen molar-refractivity contribution in [1.29, 1.82) is 0 Å². The molecule has 0 aromatic carbocycles. The lowest BCUT2D eigenvalue weighted by Crippen LogP contribution is -2.34. The molecular weight excluding hydrogens is 374 g/mol. The van der Waals surface area contributed by atoms with Crippen molar-refractivity contribution >= 4 is 55.1 Å². The normalized spacial score (nSPS) is 12.1. The van der Waals surface area contributed by atoms with Crippen LogP contribution in [0.25, 0.3) is 0 Å². The van der Waals surface area contributed by atoms with Gasteiger partial charge >= 0.3 is 5.97 Å². The van der Waals surface area contributed by atoms with E-state index in [0.29, 0.717) is 4.88 Å². The molecule has 1 amide bonds. The minimum atomic E-state index is -0.780. The van der Waals surface area contributed by atoms with Gasteiger partial charge in [-0.05, 0) is 44.8 Å². The zero-order valence-corrected chi connectivity index (χ0v) is 13.5. The minimum Gasteiger partial charge on any atom is -0.448 e. The Morgan fingerprint density at radius 2 is 2.00 bits per heavy atom. The largest absolute Gasteiger partial charge is 0.448 e. The maximum absolute atomic E-state index is 11.7. The fourth-order valence-electron chi connectivity index (χ4n) is 1.08. The quantitative estimate of drug-likeness (QED) is 0.752. The van der Waals surface area contributed by atoms with Crippen molar-refractivity contribution in [2.75, 3.05) is 14.1 Å². The number of thiophene rings is 1. The number of ether oxygens (including phenoxy) is 1. The summed E-state index contributed by atoms with van der Waals surface area (Å²) in [6.45, 7) is 1.55. The number of nitrogens with zero attached hydrogens (tertiary/aromatic N) is 1. The van der Waals surface area contributed by atoms with Crippen molar-refractivity contribution in [2.45, 2.75) is 13.0 Å². The average Bonchev–Trinajstić information content (AvgIpc) is 2.58. The van der Waals surface area contributed by atoms with Crippen molar-refractivity contribution in [2.24, 2.45) is 0 Å². The molecule has 0 spiro atoms. The number of carbonyl (C=O) groups excluding carboxylic acids is 2. The highest BCUT2D eigenvalue weighted by Gasteiger charge is 2.21. The van der Waals surface area contributed by atoms with Crippen LogP contribution < -0.4 is 0 Å². The van der Waals surface area contributed by atoms with Gasteiger partial charge in [-0.25, -0.2) is 4.79 Å². The summed E-state index contributed by atoms with van der Waals surface area (Å²) in [5, 5.41) is 0. The Morgan fingerprint density at radius 3 is 2.41 bits per heavy atom. The molecule has 0 bridgehead atoms. The lowest BCUT2D eigenvalue weighted by atomic mass is 10.3. The lowest BCUT2D eigenvalue weighted by Gasteiger charge is -2.16. The first-order chi connectivity index (χ1) is 7.82. The molecule has 1 rings (SSSR count). The fourth-order valence-corrected chi connectivity index (χ4v) is 3.00. The van der Waals surface area contributed by atoms with Crippen LogP contribution in [0, 0.1) is 0 Å². The van der Waals surface area contributed by atoms with Gasteiger partial charge in [0, 0.05) is 18.6 Å². The van der Waals surface area contributed by atoms with Crippen LogP contribution in [0.1, 0.15) is 16.6 Å². The molecule has 1 heterocycles. The highest BCUT2D eigenvalue weighted by molar-refractivity contribution is 9.13. The van der Waals surface area contributed by atoms with Crippen LogP contribution in [0.3, 0.4) is 0 Å². The molecule has 0 aliphatic heterocycles. The van der Waals surface area contributed by atoms with E-state index in [-0.39, 0.29) is 5.91 Å². The predicted molar refractivity (Wildman–Crippen MR) is 73.3 cm³/mol. The molecular formula is C10H11Br2NO3S. The fraction of sp³-hybridized carbons (Fsp3) is 0.400. The van der Waals surface area contributed by atoms with Gasteiger partial charge in [0.2, 0.25) is 0 Å². The summed E-state index contributed by atoms with van der Waals surface area (Å²) in [4.78, 5) is 25.1. The Hall–Kier alpha value is -0.400. The van der Waals surface area contributed by atoms with Crippen molar-refractivity contribution < 1.29 is 14.3 Å². The molecule has 0 aliphatic carbocycles. The van der Waals surface area contributed by atoms with Gasteiger partial charge in [0.25, 0.3) is 5.91 Å². The number of hydrogen-bond acceptors (Lipinski definition) is 4. The lowest BCUT2D eigenvalue weighted by molar-refractivity contribution is -0.137. The van der Waals surface area contributed by atoms with Gasteiger partial charge in [0.05, 0.1) is 3.79 Å². The second kappa shape index (κ2) is 5.97. The Bertz CT molecular complexity index is 425. The summed E-state index contributed by atoms with van der Waals surface area (Å²) < 4.78 is 6.67. The van der Waals surface area contributed by atoms with E-state index in [1.54, 1.807) is 27.1 Å². The standard InChI is InChI=1S/C10H11Br2NO3S/c1-5(9(14)13(2)3)16-10(15)7-4-6(11)8(12)17-7/h4-5H,1-3H3/t5-/m0/s1. The molecule has 0 aliphatic rings. The summed E-state index contributed by atoms with van der Waals surface area (Å²) in [5.41, 5.74) is 0. The summed E-state index contributed by atoms with van der Waals surface area (Å²) >= 11 is 7.83. The molecule has 1 aromatic heterocycles. The number of halogens is 2. The van der Waals surface area contributed by atoms with Gasteiger partial charge in [-0.1, -0.05) is 0 Å². The zero-order valence-electron chi connectivity index (χ0n) is 9.49. The predicted octanol–water partition coefficient (Wildman–Crippen LogP) is 2.91. The Labute approximate surface area is 120 Å². The number of esters is 1. The van der Waals surface area contributed by atoms with E-state index in [2.05, 4.69) is 31.9 Å². The van der Waals surface area contributed by atoms with Crippen LogP contribution in [0.15, 0.2) is 14.3 Å². The molecule has 94 valence electrons. The Kier molecular flexibility index (Phi) is 5.15. The molecule has 0 saturated carbocycles. The molecule has 4 nitrogen and oxygen atoms in total. The monoisotopic (exact) mass is 383 g/mol. The third kappa shape index (κ3) is 3.79. The van der Waals surface area contributed by atoms with E-state index in [1.807, 2.05) is 0 Å². The van der Waals surface area contributed by atoms with E-state index < -0.39 is 12.1 Å². The van der Waals surface area contributed by atoms with Gasteiger partial charge < -0.3 is 9.64 Å². The van der Waals surface area contributed by atoms with Crippen LogP contribution in [-0.2, 0) is 9.53 Å². The summed E-state index contributed by atoms with van der Waals surface area (Å²) in [6, 6.07) is 1.66. The SMILES string of the molecule is C[C@H](OC(=O)c1cc(Br)c(Br)s1)C(=O)N(C)C. The Morgan fingerprint density at radius 1 is 1.41 bits per heavy atom. The molecule has 7 heteroatoms. The van der Waals surface area contributed by atoms with Crippen molar-refractivity contribution in [3.8, 4) is 0 Å². The third-order valence-electron chi connectivity index (χ3n) is 1.92. The first-order valence-corrected chi connectivity index (χ1v) is 7.10. The van der Waals surface area contributed by atoms with E-state index in [9.17, 15) is 9.59 Å². The summed E-state index contributed by atoms with van der Waals surface area (Å²) in [5.74, 6) is -0.739. The molecule has 0 unspecified atom stereocenters. The van der Waals surface area contributed by atoms with E-state index in [4.69, 9.17) is 4.74 Å². The van der Waals surface area contributed by atoms with Gasteiger partial charge in [-0.3, -0.25) is 4.79 Å². The van der Waals surface area contributed by atoms with Crippen LogP contribution >= 0.6 is 43.2 Å². The van der Waals surface area contributed by atoms with Crippen LogP contribution in [0.4, 0.5) is 0 Å². The first-order valence-electron chi connectivity index (χ1n) is 4.70. The maximum Gasteiger partial charge on any atom is 0.349 e. The van der Waals surface area contributed by atoms with Crippen molar-refractivity contribution in [3.05, 3.63) is 19.2 Å². The van der Waals surface area contributed by atoms with Gasteiger partial charge in [0.15, 0.2) is 6.10 Å². The van der Waals surface area contributed by atoms with Gasteiger partial charge in [0.1, 0.15) is 4.88 Å². The van der Waals surface area contributed by atoms with E-state index in [0.717, 1.165) is 8.26 Å². The van der Waals surface area contributed by atoms with E-state index in [1.165, 1.54) is 16.2 Å². The topological polar surface area (TPSA) is 46.6 Å². The van der Waals surface area contributed by atoms with Crippen LogP contribution in [0.5, 0.6) is 0 Å². The zero-order chi connectivity index (χ0) is 13.2. The third-order valence-corrected chi connectivity index (χ3v) is 5.15. The van der Waals surface area contributed by atoms with Crippen LogP contribution in [0.2, 0.25) is 0 Å². The summed E-state index contributed by atoms with van der Waals surface area (Å²) in [7, 11) is 3.23. The molecule has 1 atom stereocenters. The number of carbonyl (C=O) groups is 2. The molecule has 0 saturated heterocycles. The number of amides is 1. The highest BCUT2D eigenvalue weighted by Crippen LogP contribution is 2.32. The number of hydrogen-bond donors (Lipinski definition) is 0. The average molecular weight is 385 g/mol. The second-order valence-corrected chi connectivity index (χ2v) is 6.74. The smallest absolute Gasteiger partial charge is 0.349 e. The van der Waals surface area contributed by atoms with Gasteiger partial charge in [-0.2, -0.15) is 0 Å². The molecule has 17 heavy (non-hydrogen) atoms. The molecule has 0 radical (unpaired) electrons.